The first-order valence-corrected chi connectivity index (χ1v) is 7.69. The number of thiophene rings is 1. The highest BCUT2D eigenvalue weighted by molar-refractivity contribution is 7.10. The lowest BCUT2D eigenvalue weighted by Gasteiger charge is -2.23. The summed E-state index contributed by atoms with van der Waals surface area (Å²) in [5.74, 6) is -0.0316. The molecule has 2 amide bonds. The maximum atomic E-state index is 12.3. The first-order valence-electron chi connectivity index (χ1n) is 6.81. The second-order valence-corrected chi connectivity index (χ2v) is 5.82. The average molecular weight is 296 g/mol. The molecule has 1 aromatic rings. The Bertz CT molecular complexity index is 447. The van der Waals surface area contributed by atoms with Crippen LogP contribution in [0.15, 0.2) is 17.5 Å². The van der Waals surface area contributed by atoms with Crippen LogP contribution in [-0.2, 0) is 20.7 Å². The standard InChI is InChI=1S/C14H20N2O3S/c1-19-8-6-15-14(18)12-5-2-7-16(12)13(17)10-11-4-3-9-20-11/h3-4,9,12H,2,5-8,10H2,1H3,(H,15,18). The average Bonchev–Trinajstić information content (AvgIpc) is 3.09. The smallest absolute Gasteiger partial charge is 0.242 e. The molecule has 20 heavy (non-hydrogen) atoms. The molecule has 110 valence electrons. The molecule has 2 heterocycles. The van der Waals surface area contributed by atoms with Crippen LogP contribution in [0.1, 0.15) is 17.7 Å². The van der Waals surface area contributed by atoms with Gasteiger partial charge in [-0.25, -0.2) is 0 Å². The van der Waals surface area contributed by atoms with Gasteiger partial charge >= 0.3 is 0 Å². The molecule has 0 bridgehead atoms. The van der Waals surface area contributed by atoms with Gasteiger partial charge in [-0.15, -0.1) is 11.3 Å². The van der Waals surface area contributed by atoms with Gasteiger partial charge in [0.2, 0.25) is 11.8 Å². The molecule has 5 nitrogen and oxygen atoms in total. The summed E-state index contributed by atoms with van der Waals surface area (Å²) in [7, 11) is 1.60. The Morgan fingerprint density at radius 2 is 2.40 bits per heavy atom. The number of ether oxygens (including phenoxy) is 1. The van der Waals surface area contributed by atoms with E-state index in [2.05, 4.69) is 5.32 Å². The maximum absolute atomic E-state index is 12.3. The van der Waals surface area contributed by atoms with Gasteiger partial charge in [-0.1, -0.05) is 6.07 Å². The number of nitrogens with zero attached hydrogens (tertiary/aromatic N) is 1. The van der Waals surface area contributed by atoms with Crippen LogP contribution < -0.4 is 5.32 Å². The Morgan fingerprint density at radius 1 is 1.55 bits per heavy atom. The second-order valence-electron chi connectivity index (χ2n) is 4.79. The quantitative estimate of drug-likeness (QED) is 0.798. The topological polar surface area (TPSA) is 58.6 Å². The van der Waals surface area contributed by atoms with Crippen molar-refractivity contribution in [3.8, 4) is 0 Å². The lowest BCUT2D eigenvalue weighted by molar-refractivity contribution is -0.138. The zero-order valence-corrected chi connectivity index (χ0v) is 12.4. The minimum absolute atomic E-state index is 0.0387. The molecule has 1 unspecified atom stereocenters. The number of carbonyl (C=O) groups is 2. The Balaban J connectivity index is 1.89. The highest BCUT2D eigenvalue weighted by Crippen LogP contribution is 2.20. The fraction of sp³-hybridized carbons (Fsp3) is 0.571. The van der Waals surface area contributed by atoms with Gasteiger partial charge in [-0.05, 0) is 24.3 Å². The summed E-state index contributed by atoms with van der Waals surface area (Å²) in [6.07, 6.45) is 2.02. The van der Waals surface area contributed by atoms with Gasteiger partial charge in [0.05, 0.1) is 13.0 Å². The van der Waals surface area contributed by atoms with Gasteiger partial charge in [-0.2, -0.15) is 0 Å². The number of hydrogen-bond acceptors (Lipinski definition) is 4. The van der Waals surface area contributed by atoms with E-state index in [0.717, 1.165) is 17.7 Å². The number of methoxy groups -OCH3 is 1. The van der Waals surface area contributed by atoms with Crippen LogP contribution in [0.4, 0.5) is 0 Å². The summed E-state index contributed by atoms with van der Waals surface area (Å²) in [6, 6.07) is 3.57. The monoisotopic (exact) mass is 296 g/mol. The van der Waals surface area contributed by atoms with Crippen molar-refractivity contribution < 1.29 is 14.3 Å². The van der Waals surface area contributed by atoms with Crippen molar-refractivity contribution in [3.63, 3.8) is 0 Å². The third-order valence-electron chi connectivity index (χ3n) is 3.39. The number of nitrogens with one attached hydrogen (secondary N) is 1. The van der Waals surface area contributed by atoms with E-state index < -0.39 is 0 Å². The first kappa shape index (κ1) is 15.0. The Kier molecular flexibility index (Phi) is 5.55. The lowest BCUT2D eigenvalue weighted by Crippen LogP contribution is -2.47. The van der Waals surface area contributed by atoms with E-state index in [1.807, 2.05) is 17.5 Å². The molecule has 0 saturated carbocycles. The van der Waals surface area contributed by atoms with Gasteiger partial charge in [0.15, 0.2) is 0 Å². The maximum Gasteiger partial charge on any atom is 0.242 e. The second kappa shape index (κ2) is 7.40. The van der Waals surface area contributed by atoms with Crippen molar-refractivity contribution in [2.75, 3.05) is 26.8 Å². The molecule has 0 radical (unpaired) electrons. The van der Waals surface area contributed by atoms with E-state index in [1.165, 1.54) is 0 Å². The highest BCUT2D eigenvalue weighted by atomic mass is 32.1. The normalized spacial score (nSPS) is 18.2. The minimum atomic E-state index is -0.320. The van der Waals surface area contributed by atoms with Crippen LogP contribution in [0.2, 0.25) is 0 Å². The molecule has 1 atom stereocenters. The van der Waals surface area contributed by atoms with Gasteiger partial charge in [0, 0.05) is 25.1 Å². The van der Waals surface area contributed by atoms with Crippen molar-refractivity contribution in [2.45, 2.75) is 25.3 Å². The van der Waals surface area contributed by atoms with E-state index in [9.17, 15) is 9.59 Å². The fourth-order valence-electron chi connectivity index (χ4n) is 2.40. The van der Waals surface area contributed by atoms with Crippen LogP contribution in [-0.4, -0.2) is 49.6 Å². The predicted molar refractivity (Wildman–Crippen MR) is 77.6 cm³/mol. The van der Waals surface area contributed by atoms with Crippen molar-refractivity contribution in [1.29, 1.82) is 0 Å². The third kappa shape index (κ3) is 3.80. The van der Waals surface area contributed by atoms with Crippen LogP contribution in [0.5, 0.6) is 0 Å². The van der Waals surface area contributed by atoms with Crippen LogP contribution in [0.3, 0.4) is 0 Å². The van der Waals surface area contributed by atoms with Gasteiger partial charge < -0.3 is 15.0 Å². The summed E-state index contributed by atoms with van der Waals surface area (Å²) in [4.78, 5) is 27.1. The molecule has 0 aliphatic carbocycles. The summed E-state index contributed by atoms with van der Waals surface area (Å²) in [6.45, 7) is 1.65. The number of amides is 2. The van der Waals surface area contributed by atoms with Crippen molar-refractivity contribution in [2.24, 2.45) is 0 Å². The highest BCUT2D eigenvalue weighted by Gasteiger charge is 2.33. The molecular weight excluding hydrogens is 276 g/mol. The largest absolute Gasteiger partial charge is 0.383 e. The molecule has 0 spiro atoms. The molecule has 1 saturated heterocycles. The van der Waals surface area contributed by atoms with Gasteiger partial charge in [-0.3, -0.25) is 9.59 Å². The lowest BCUT2D eigenvalue weighted by atomic mass is 10.2. The van der Waals surface area contributed by atoms with Crippen molar-refractivity contribution in [1.82, 2.24) is 10.2 Å². The molecule has 0 aromatic carbocycles. The summed E-state index contributed by atoms with van der Waals surface area (Å²) in [5.41, 5.74) is 0. The van der Waals surface area contributed by atoms with Crippen LogP contribution in [0.25, 0.3) is 0 Å². The molecule has 1 aromatic heterocycles. The van der Waals surface area contributed by atoms with E-state index in [4.69, 9.17) is 4.74 Å². The zero-order chi connectivity index (χ0) is 14.4. The fourth-order valence-corrected chi connectivity index (χ4v) is 3.09. The molecule has 6 heteroatoms. The molecule has 2 rings (SSSR count). The molecule has 1 fully saturated rings. The van der Waals surface area contributed by atoms with Crippen molar-refractivity contribution >= 4 is 23.2 Å². The Labute approximate surface area is 122 Å². The summed E-state index contributed by atoms with van der Waals surface area (Å²) >= 11 is 1.57. The summed E-state index contributed by atoms with van der Waals surface area (Å²) < 4.78 is 4.91. The molecule has 1 aliphatic heterocycles. The Hall–Kier alpha value is -1.40. The molecule has 1 N–H and O–H groups in total. The summed E-state index contributed by atoms with van der Waals surface area (Å²) in [5, 5.41) is 4.77. The first-order chi connectivity index (χ1) is 9.72. The molecular formula is C14H20N2O3S. The van der Waals surface area contributed by atoms with E-state index in [1.54, 1.807) is 23.3 Å². The number of likely N-dealkylation sites (tertiary alicyclic amines) is 1. The Morgan fingerprint density at radius 3 is 3.10 bits per heavy atom. The van der Waals surface area contributed by atoms with E-state index >= 15 is 0 Å². The number of hydrogen-bond donors (Lipinski definition) is 1. The number of rotatable bonds is 6. The van der Waals surface area contributed by atoms with E-state index in [0.29, 0.717) is 26.1 Å². The third-order valence-corrected chi connectivity index (χ3v) is 4.26. The van der Waals surface area contributed by atoms with Crippen LogP contribution in [0, 0.1) is 0 Å². The van der Waals surface area contributed by atoms with E-state index in [-0.39, 0.29) is 17.9 Å². The van der Waals surface area contributed by atoms with Crippen LogP contribution >= 0.6 is 11.3 Å². The predicted octanol–water partition coefficient (Wildman–Crippen LogP) is 1.04. The minimum Gasteiger partial charge on any atom is -0.383 e. The SMILES string of the molecule is COCCNC(=O)C1CCCN1C(=O)Cc1cccs1. The zero-order valence-electron chi connectivity index (χ0n) is 11.6. The van der Waals surface area contributed by atoms with Gasteiger partial charge in [0.1, 0.15) is 6.04 Å². The molecule has 1 aliphatic rings. The van der Waals surface area contributed by atoms with Gasteiger partial charge in [0.25, 0.3) is 0 Å². The number of carbonyl (C=O) groups excluding carboxylic acids is 2. The van der Waals surface area contributed by atoms with Crippen molar-refractivity contribution in [3.05, 3.63) is 22.4 Å².